The first-order valence-corrected chi connectivity index (χ1v) is 16.6. The smallest absolute Gasteiger partial charge is 0.324 e. The van der Waals surface area contributed by atoms with E-state index < -0.39 is 0 Å². The minimum Gasteiger partial charge on any atom is -0.493 e. The van der Waals surface area contributed by atoms with Crippen LogP contribution in [0.1, 0.15) is 87.2 Å². The fourth-order valence-electron chi connectivity index (χ4n) is 7.44. The molecule has 1 spiro atoms. The molecular weight excluding hydrogens is 548 g/mol. The molecule has 0 N–H and O–H groups in total. The number of hydrogen-bond donors (Lipinski definition) is 0. The fourth-order valence-corrected chi connectivity index (χ4v) is 7.44. The molecule has 2 saturated heterocycles. The summed E-state index contributed by atoms with van der Waals surface area (Å²) in [4.78, 5) is 22.3. The van der Waals surface area contributed by atoms with Gasteiger partial charge in [0.25, 0.3) is 0 Å². The van der Waals surface area contributed by atoms with Crippen molar-refractivity contribution >= 4 is 23.6 Å². The maximum absolute atomic E-state index is 13.5. The van der Waals surface area contributed by atoms with Crippen LogP contribution in [0.2, 0.25) is 0 Å². The summed E-state index contributed by atoms with van der Waals surface area (Å²) in [6.07, 6.45) is 13.8. The maximum atomic E-state index is 13.5. The van der Waals surface area contributed by atoms with Crippen LogP contribution in [0.3, 0.4) is 0 Å². The van der Waals surface area contributed by atoms with E-state index >= 15 is 0 Å². The Labute approximate surface area is 261 Å². The van der Waals surface area contributed by atoms with Crippen molar-refractivity contribution in [2.75, 3.05) is 37.7 Å². The highest BCUT2D eigenvalue weighted by molar-refractivity contribution is 5.81. The lowest BCUT2D eigenvalue weighted by Gasteiger charge is -2.40. The molecule has 1 amide bonds. The molecular formula is C37H44N4O3. The minimum absolute atomic E-state index is 0.102. The summed E-state index contributed by atoms with van der Waals surface area (Å²) in [6, 6.07) is 17.9. The molecule has 230 valence electrons. The van der Waals surface area contributed by atoms with E-state index in [-0.39, 0.29) is 17.3 Å². The highest BCUT2D eigenvalue weighted by Gasteiger charge is 2.40. The third-order valence-corrected chi connectivity index (χ3v) is 10.3. The Morgan fingerprint density at radius 1 is 1.02 bits per heavy atom. The van der Waals surface area contributed by atoms with Crippen LogP contribution in [-0.4, -0.2) is 53.7 Å². The summed E-state index contributed by atoms with van der Waals surface area (Å²) in [6.45, 7) is 8.40. The van der Waals surface area contributed by atoms with Crippen molar-refractivity contribution in [3.05, 3.63) is 83.2 Å². The van der Waals surface area contributed by atoms with Crippen molar-refractivity contribution < 1.29 is 14.1 Å². The van der Waals surface area contributed by atoms with Crippen molar-refractivity contribution in [2.24, 2.45) is 11.8 Å². The Morgan fingerprint density at radius 3 is 2.50 bits per heavy atom. The van der Waals surface area contributed by atoms with Gasteiger partial charge in [0.05, 0.1) is 6.61 Å². The second-order valence-corrected chi connectivity index (χ2v) is 13.5. The van der Waals surface area contributed by atoms with Gasteiger partial charge in [-0.15, -0.1) is 0 Å². The van der Waals surface area contributed by atoms with Gasteiger partial charge < -0.3 is 19.1 Å². The van der Waals surface area contributed by atoms with Crippen LogP contribution in [0, 0.1) is 11.8 Å². The van der Waals surface area contributed by atoms with Gasteiger partial charge in [0.2, 0.25) is 5.91 Å². The van der Waals surface area contributed by atoms with Gasteiger partial charge in [0.1, 0.15) is 5.75 Å². The van der Waals surface area contributed by atoms with E-state index in [1.54, 1.807) is 0 Å². The van der Waals surface area contributed by atoms with Crippen molar-refractivity contribution in [1.29, 1.82) is 0 Å². The standard InChI is InChI=1S/C37H44N4O3/c1-26(2)34-38-36(44-39-34)41-21-16-27(17-22-41)25-43-32-13-11-29(12-14-32)28-7-9-31(10-8-28)35(42)40-23-19-37(20-24-40)18-15-30-5-3-4-6-33(30)37/h3-7,11-15,18,26-27,31H,8-10,16-17,19-25H2,1-2H3. The van der Waals surface area contributed by atoms with Crippen LogP contribution in [0.4, 0.5) is 6.01 Å². The summed E-state index contributed by atoms with van der Waals surface area (Å²) >= 11 is 0. The van der Waals surface area contributed by atoms with Crippen LogP contribution in [-0.2, 0) is 10.2 Å². The Bertz CT molecular complexity index is 1520. The average molecular weight is 593 g/mol. The third kappa shape index (κ3) is 5.81. The second-order valence-electron chi connectivity index (χ2n) is 13.5. The number of aromatic nitrogens is 2. The highest BCUT2D eigenvalue weighted by atomic mass is 16.5. The Morgan fingerprint density at radius 2 is 1.80 bits per heavy atom. The van der Waals surface area contributed by atoms with Crippen LogP contribution >= 0.6 is 0 Å². The molecule has 7 rings (SSSR count). The van der Waals surface area contributed by atoms with Crippen molar-refractivity contribution in [3.8, 4) is 5.75 Å². The molecule has 44 heavy (non-hydrogen) atoms. The Balaban J connectivity index is 0.861. The van der Waals surface area contributed by atoms with Crippen LogP contribution in [0.25, 0.3) is 11.6 Å². The number of piperidine rings is 2. The Kier molecular flexibility index (Phi) is 8.04. The van der Waals surface area contributed by atoms with Gasteiger partial charge >= 0.3 is 6.01 Å². The second kappa shape index (κ2) is 12.3. The summed E-state index contributed by atoms with van der Waals surface area (Å²) in [5, 5.41) is 4.10. The molecule has 1 aromatic heterocycles. The minimum atomic E-state index is 0.102. The number of ether oxygens (including phenoxy) is 1. The highest BCUT2D eigenvalue weighted by Crippen LogP contribution is 2.44. The van der Waals surface area contributed by atoms with Gasteiger partial charge in [-0.2, -0.15) is 4.98 Å². The van der Waals surface area contributed by atoms with Crippen LogP contribution in [0.15, 0.2) is 65.2 Å². The van der Waals surface area contributed by atoms with Crippen molar-refractivity contribution in [1.82, 2.24) is 15.0 Å². The molecule has 2 aromatic carbocycles. The molecule has 4 aliphatic rings. The number of rotatable bonds is 7. The van der Waals surface area contributed by atoms with Crippen molar-refractivity contribution in [3.63, 3.8) is 0 Å². The zero-order valence-corrected chi connectivity index (χ0v) is 26.1. The lowest BCUT2D eigenvalue weighted by Crippen LogP contribution is -2.46. The van der Waals surface area contributed by atoms with Crippen LogP contribution < -0.4 is 9.64 Å². The summed E-state index contributed by atoms with van der Waals surface area (Å²) in [5.41, 5.74) is 5.49. The first-order valence-electron chi connectivity index (χ1n) is 16.6. The van der Waals surface area contributed by atoms with E-state index in [4.69, 9.17) is 9.26 Å². The van der Waals surface area contributed by atoms with Gasteiger partial charge in [0.15, 0.2) is 5.82 Å². The number of carbonyl (C=O) groups is 1. The maximum Gasteiger partial charge on any atom is 0.324 e. The first-order chi connectivity index (χ1) is 21.5. The number of allylic oxidation sites excluding steroid dienone is 3. The molecule has 3 heterocycles. The molecule has 1 atom stereocenters. The number of benzene rings is 2. The molecule has 2 aliphatic heterocycles. The van der Waals surface area contributed by atoms with E-state index in [1.807, 2.05) is 0 Å². The molecule has 7 nitrogen and oxygen atoms in total. The monoisotopic (exact) mass is 592 g/mol. The van der Waals surface area contributed by atoms with Crippen molar-refractivity contribution in [2.45, 2.75) is 70.1 Å². The fraction of sp³-hybridized carbons (Fsp3) is 0.486. The van der Waals surface area contributed by atoms with E-state index in [1.165, 1.54) is 22.3 Å². The predicted octanol–water partition coefficient (Wildman–Crippen LogP) is 7.26. The van der Waals surface area contributed by atoms with Gasteiger partial charge in [-0.1, -0.05) is 73.6 Å². The van der Waals surface area contributed by atoms with Gasteiger partial charge in [-0.05, 0) is 85.3 Å². The molecule has 0 saturated carbocycles. The average Bonchev–Trinajstić information content (AvgIpc) is 3.71. The summed E-state index contributed by atoms with van der Waals surface area (Å²) in [7, 11) is 0. The van der Waals surface area contributed by atoms with E-state index in [2.05, 4.69) is 101 Å². The predicted molar refractivity (Wildman–Crippen MR) is 174 cm³/mol. The number of likely N-dealkylation sites (tertiary alicyclic amines) is 1. The molecule has 0 radical (unpaired) electrons. The third-order valence-electron chi connectivity index (χ3n) is 10.3. The summed E-state index contributed by atoms with van der Waals surface area (Å²) in [5.74, 6) is 2.92. The SMILES string of the molecule is CC(C)c1noc(N2CCC(COc3ccc(C4=CCC(C(=O)N5CCC6(C=Cc7ccccc76)CC5)CC4)cc3)CC2)n1. The van der Waals surface area contributed by atoms with Crippen LogP contribution in [0.5, 0.6) is 5.75 Å². The van der Waals surface area contributed by atoms with E-state index in [0.29, 0.717) is 17.8 Å². The molecule has 1 unspecified atom stereocenters. The lowest BCUT2D eigenvalue weighted by molar-refractivity contribution is -0.137. The molecule has 7 heteroatoms. The van der Waals surface area contributed by atoms with Gasteiger partial charge in [-0.3, -0.25) is 4.79 Å². The molecule has 2 fully saturated rings. The summed E-state index contributed by atoms with van der Waals surface area (Å²) < 4.78 is 11.7. The topological polar surface area (TPSA) is 71.7 Å². The Hall–Kier alpha value is -3.87. The largest absolute Gasteiger partial charge is 0.493 e. The van der Waals surface area contributed by atoms with E-state index in [0.717, 1.165) is 89.3 Å². The first kappa shape index (κ1) is 28.9. The number of anilines is 1. The quantitative estimate of drug-likeness (QED) is 0.288. The van der Waals surface area contributed by atoms with Gasteiger partial charge in [0, 0.05) is 43.4 Å². The lowest BCUT2D eigenvalue weighted by atomic mass is 9.74. The number of carbonyl (C=O) groups excluding carboxylic acids is 1. The zero-order chi connectivity index (χ0) is 30.1. The number of fused-ring (bicyclic) bond motifs is 2. The number of amides is 1. The van der Waals surface area contributed by atoms with E-state index in [9.17, 15) is 4.79 Å². The molecule has 3 aromatic rings. The van der Waals surface area contributed by atoms with Gasteiger partial charge in [-0.25, -0.2) is 0 Å². The molecule has 2 aliphatic carbocycles. The normalized spacial score (nSPS) is 21.5. The molecule has 0 bridgehead atoms. The number of hydrogen-bond acceptors (Lipinski definition) is 6. The zero-order valence-electron chi connectivity index (χ0n) is 26.1. The number of nitrogens with zero attached hydrogens (tertiary/aromatic N) is 4.